The molecule has 0 atom stereocenters. The van der Waals surface area contributed by atoms with E-state index in [1.807, 2.05) is 13.1 Å². The van der Waals surface area contributed by atoms with Gasteiger partial charge in [-0.3, -0.25) is 4.79 Å². The highest BCUT2D eigenvalue weighted by Crippen LogP contribution is 2.17. The van der Waals surface area contributed by atoms with Gasteiger partial charge in [-0.1, -0.05) is 17.7 Å². The molecule has 2 heteroatoms. The predicted octanol–water partition coefficient (Wildman–Crippen LogP) is 3.54. The Morgan fingerprint density at radius 1 is 1.11 bits per heavy atom. The zero-order valence-electron chi connectivity index (χ0n) is 11.2. The minimum absolute atomic E-state index is 0.854. The van der Waals surface area contributed by atoms with E-state index in [4.69, 9.17) is 0 Å². The third-order valence-corrected chi connectivity index (χ3v) is 3.30. The van der Waals surface area contributed by atoms with Gasteiger partial charge in [-0.05, 0) is 56.4 Å². The fourth-order valence-corrected chi connectivity index (χ4v) is 2.43. The Balaban J connectivity index is 2.20. The number of aldehydes is 1. The molecular weight excluding hydrogens is 222 g/mol. The Labute approximate surface area is 108 Å². The average Bonchev–Trinajstić information content (AvgIpc) is 2.72. The second-order valence-corrected chi connectivity index (χ2v) is 4.96. The summed E-state index contributed by atoms with van der Waals surface area (Å²) >= 11 is 0. The van der Waals surface area contributed by atoms with Crippen LogP contribution in [0.15, 0.2) is 24.4 Å². The van der Waals surface area contributed by atoms with Gasteiger partial charge in [0, 0.05) is 17.5 Å². The summed E-state index contributed by atoms with van der Waals surface area (Å²) in [6.45, 7) is 6.13. The van der Waals surface area contributed by atoms with Crippen molar-refractivity contribution in [3.8, 4) is 0 Å². The molecule has 0 bridgehead atoms. The third kappa shape index (κ3) is 2.70. The zero-order valence-corrected chi connectivity index (χ0v) is 11.2. The van der Waals surface area contributed by atoms with E-state index in [9.17, 15) is 4.79 Å². The maximum atomic E-state index is 11.2. The molecular formula is C16H19NO. The maximum Gasteiger partial charge on any atom is 0.150 e. The molecule has 2 rings (SSSR count). The van der Waals surface area contributed by atoms with Crippen LogP contribution in [0.25, 0.3) is 0 Å². The Hall–Kier alpha value is -1.83. The topological polar surface area (TPSA) is 32.9 Å². The van der Waals surface area contributed by atoms with Crippen molar-refractivity contribution in [1.29, 1.82) is 0 Å². The predicted molar refractivity (Wildman–Crippen MR) is 74.2 cm³/mol. The van der Waals surface area contributed by atoms with E-state index in [1.165, 1.54) is 16.8 Å². The first-order chi connectivity index (χ1) is 8.60. The Morgan fingerprint density at radius 3 is 2.50 bits per heavy atom. The Bertz CT molecular complexity index is 566. The van der Waals surface area contributed by atoms with E-state index in [2.05, 4.69) is 37.0 Å². The van der Waals surface area contributed by atoms with Crippen LogP contribution in [0.1, 0.15) is 38.3 Å². The standard InChI is InChI=1S/C16H19NO/c1-11-6-12(2)16(10-18)15(7-11)5-4-14-8-13(3)17-9-14/h6-10,17H,4-5H2,1-3H3. The van der Waals surface area contributed by atoms with Crippen molar-refractivity contribution >= 4 is 6.29 Å². The molecule has 0 unspecified atom stereocenters. The van der Waals surface area contributed by atoms with E-state index >= 15 is 0 Å². The fraction of sp³-hybridized carbons (Fsp3) is 0.312. The normalized spacial score (nSPS) is 10.6. The fourth-order valence-electron chi connectivity index (χ4n) is 2.43. The number of carbonyl (C=O) groups excluding carboxylic acids is 1. The van der Waals surface area contributed by atoms with Crippen molar-refractivity contribution in [2.24, 2.45) is 0 Å². The summed E-state index contributed by atoms with van der Waals surface area (Å²) in [6, 6.07) is 6.34. The maximum absolute atomic E-state index is 11.2. The van der Waals surface area contributed by atoms with Crippen molar-refractivity contribution in [3.05, 3.63) is 57.9 Å². The molecule has 0 saturated carbocycles. The molecule has 2 nitrogen and oxygen atoms in total. The molecule has 2 aromatic rings. The summed E-state index contributed by atoms with van der Waals surface area (Å²) in [5.74, 6) is 0. The number of aryl methyl sites for hydroxylation is 5. The lowest BCUT2D eigenvalue weighted by atomic mass is 9.95. The molecule has 18 heavy (non-hydrogen) atoms. The van der Waals surface area contributed by atoms with E-state index in [0.717, 1.165) is 35.8 Å². The van der Waals surface area contributed by atoms with Gasteiger partial charge in [0.05, 0.1) is 0 Å². The molecule has 0 amide bonds. The van der Waals surface area contributed by atoms with Crippen LogP contribution >= 0.6 is 0 Å². The van der Waals surface area contributed by atoms with Gasteiger partial charge in [-0.2, -0.15) is 0 Å². The van der Waals surface area contributed by atoms with Crippen LogP contribution in [0.4, 0.5) is 0 Å². The van der Waals surface area contributed by atoms with Crippen LogP contribution in [0.5, 0.6) is 0 Å². The first-order valence-corrected chi connectivity index (χ1v) is 6.29. The van der Waals surface area contributed by atoms with Crippen LogP contribution in [-0.4, -0.2) is 11.3 Å². The van der Waals surface area contributed by atoms with Crippen molar-refractivity contribution in [2.75, 3.05) is 0 Å². The van der Waals surface area contributed by atoms with Crippen LogP contribution in [-0.2, 0) is 12.8 Å². The van der Waals surface area contributed by atoms with E-state index in [1.54, 1.807) is 0 Å². The molecule has 1 N–H and O–H groups in total. The molecule has 0 radical (unpaired) electrons. The molecule has 0 aliphatic heterocycles. The van der Waals surface area contributed by atoms with E-state index in [0.29, 0.717) is 0 Å². The summed E-state index contributed by atoms with van der Waals surface area (Å²) in [5, 5.41) is 0. The summed E-state index contributed by atoms with van der Waals surface area (Å²) in [5.41, 5.74) is 6.78. The van der Waals surface area contributed by atoms with Gasteiger partial charge in [0.1, 0.15) is 0 Å². The molecule has 0 aliphatic rings. The summed E-state index contributed by atoms with van der Waals surface area (Å²) in [6.07, 6.45) is 4.90. The molecule has 1 aromatic carbocycles. The summed E-state index contributed by atoms with van der Waals surface area (Å²) < 4.78 is 0. The minimum atomic E-state index is 0.854. The molecule has 0 spiro atoms. The average molecular weight is 241 g/mol. The number of carbonyl (C=O) groups is 1. The summed E-state index contributed by atoms with van der Waals surface area (Å²) in [7, 11) is 0. The highest BCUT2D eigenvalue weighted by atomic mass is 16.1. The van der Waals surface area contributed by atoms with Crippen molar-refractivity contribution in [1.82, 2.24) is 4.98 Å². The van der Waals surface area contributed by atoms with E-state index < -0.39 is 0 Å². The molecule has 0 fully saturated rings. The van der Waals surface area contributed by atoms with Gasteiger partial charge >= 0.3 is 0 Å². The first-order valence-electron chi connectivity index (χ1n) is 6.29. The second-order valence-electron chi connectivity index (χ2n) is 4.96. The highest BCUT2D eigenvalue weighted by Gasteiger charge is 2.07. The lowest BCUT2D eigenvalue weighted by Gasteiger charge is -2.09. The number of aromatic nitrogens is 1. The summed E-state index contributed by atoms with van der Waals surface area (Å²) in [4.78, 5) is 14.4. The van der Waals surface area contributed by atoms with Crippen LogP contribution in [0.2, 0.25) is 0 Å². The zero-order chi connectivity index (χ0) is 13.1. The van der Waals surface area contributed by atoms with Gasteiger partial charge in [-0.25, -0.2) is 0 Å². The second kappa shape index (κ2) is 5.21. The number of H-pyrrole nitrogens is 1. The number of hydrogen-bond donors (Lipinski definition) is 1. The lowest BCUT2D eigenvalue weighted by Crippen LogP contribution is -1.99. The third-order valence-electron chi connectivity index (χ3n) is 3.30. The number of rotatable bonds is 4. The number of benzene rings is 1. The van der Waals surface area contributed by atoms with Gasteiger partial charge in [-0.15, -0.1) is 0 Å². The van der Waals surface area contributed by atoms with Crippen molar-refractivity contribution < 1.29 is 4.79 Å². The number of aromatic amines is 1. The van der Waals surface area contributed by atoms with E-state index in [-0.39, 0.29) is 0 Å². The molecule has 0 aliphatic carbocycles. The quantitative estimate of drug-likeness (QED) is 0.816. The van der Waals surface area contributed by atoms with Gasteiger partial charge < -0.3 is 4.98 Å². The van der Waals surface area contributed by atoms with Gasteiger partial charge in [0.2, 0.25) is 0 Å². The smallest absolute Gasteiger partial charge is 0.150 e. The van der Waals surface area contributed by atoms with Crippen LogP contribution in [0.3, 0.4) is 0 Å². The monoisotopic (exact) mass is 241 g/mol. The first kappa shape index (κ1) is 12.6. The largest absolute Gasteiger partial charge is 0.365 e. The SMILES string of the molecule is Cc1cc(C)c(C=O)c(CCc2c[nH]c(C)c2)c1. The van der Waals surface area contributed by atoms with Crippen molar-refractivity contribution in [3.63, 3.8) is 0 Å². The minimum Gasteiger partial charge on any atom is -0.365 e. The Morgan fingerprint density at radius 2 is 1.89 bits per heavy atom. The highest BCUT2D eigenvalue weighted by molar-refractivity contribution is 5.79. The number of nitrogens with one attached hydrogen (secondary N) is 1. The Kier molecular flexibility index (Phi) is 3.66. The van der Waals surface area contributed by atoms with Crippen molar-refractivity contribution in [2.45, 2.75) is 33.6 Å². The molecule has 1 heterocycles. The number of hydrogen-bond acceptors (Lipinski definition) is 1. The molecule has 94 valence electrons. The molecule has 0 saturated heterocycles. The lowest BCUT2D eigenvalue weighted by molar-refractivity contribution is 0.112. The van der Waals surface area contributed by atoms with Crippen LogP contribution < -0.4 is 0 Å². The molecule has 1 aromatic heterocycles. The van der Waals surface area contributed by atoms with Gasteiger partial charge in [0.25, 0.3) is 0 Å². The van der Waals surface area contributed by atoms with Gasteiger partial charge in [0.15, 0.2) is 6.29 Å². The van der Waals surface area contributed by atoms with Crippen LogP contribution in [0, 0.1) is 20.8 Å².